The van der Waals surface area contributed by atoms with E-state index in [1.807, 2.05) is 24.3 Å². The first-order valence-electron chi connectivity index (χ1n) is 5.38. The molecule has 0 saturated carbocycles. The summed E-state index contributed by atoms with van der Waals surface area (Å²) in [7, 11) is 0. The standard InChI is InChI=1S/C12H20N2/c1-3-5-11(4-2)14-12-8-6-10(13)7-9-12/h6-9,11,14H,3-5,13H2,1-2H3. The van der Waals surface area contributed by atoms with Crippen molar-refractivity contribution in [2.45, 2.75) is 39.2 Å². The van der Waals surface area contributed by atoms with E-state index in [0.29, 0.717) is 6.04 Å². The van der Waals surface area contributed by atoms with E-state index in [9.17, 15) is 0 Å². The third-order valence-electron chi connectivity index (χ3n) is 2.41. The molecular formula is C12H20N2. The molecule has 1 rings (SSSR count). The molecule has 2 heteroatoms. The Labute approximate surface area is 86.5 Å². The van der Waals surface area contributed by atoms with Gasteiger partial charge < -0.3 is 11.1 Å². The number of rotatable bonds is 5. The number of hydrogen-bond acceptors (Lipinski definition) is 2. The number of anilines is 2. The van der Waals surface area contributed by atoms with Crippen LogP contribution in [-0.2, 0) is 0 Å². The maximum atomic E-state index is 5.62. The zero-order chi connectivity index (χ0) is 10.4. The van der Waals surface area contributed by atoms with E-state index in [1.54, 1.807) is 0 Å². The molecule has 0 aliphatic rings. The zero-order valence-corrected chi connectivity index (χ0v) is 9.09. The predicted octanol–water partition coefficient (Wildman–Crippen LogP) is 3.26. The second kappa shape index (κ2) is 5.53. The Morgan fingerprint density at radius 3 is 2.36 bits per heavy atom. The first-order valence-corrected chi connectivity index (χ1v) is 5.38. The van der Waals surface area contributed by atoms with Gasteiger partial charge in [0.25, 0.3) is 0 Å². The highest BCUT2D eigenvalue weighted by molar-refractivity contribution is 5.51. The lowest BCUT2D eigenvalue weighted by molar-refractivity contribution is 0.623. The highest BCUT2D eigenvalue weighted by Crippen LogP contribution is 2.14. The number of nitrogens with one attached hydrogen (secondary N) is 1. The van der Waals surface area contributed by atoms with Crippen molar-refractivity contribution >= 4 is 11.4 Å². The fourth-order valence-electron chi connectivity index (χ4n) is 1.54. The second-order valence-electron chi connectivity index (χ2n) is 3.66. The van der Waals surface area contributed by atoms with Crippen molar-refractivity contribution < 1.29 is 0 Å². The van der Waals surface area contributed by atoms with E-state index in [4.69, 9.17) is 5.73 Å². The van der Waals surface area contributed by atoms with Crippen LogP contribution >= 0.6 is 0 Å². The van der Waals surface area contributed by atoms with Gasteiger partial charge in [0.15, 0.2) is 0 Å². The molecule has 78 valence electrons. The van der Waals surface area contributed by atoms with E-state index in [2.05, 4.69) is 19.2 Å². The fourth-order valence-corrected chi connectivity index (χ4v) is 1.54. The molecular weight excluding hydrogens is 172 g/mol. The summed E-state index contributed by atoms with van der Waals surface area (Å²) in [5.74, 6) is 0. The molecule has 14 heavy (non-hydrogen) atoms. The smallest absolute Gasteiger partial charge is 0.0343 e. The molecule has 2 nitrogen and oxygen atoms in total. The van der Waals surface area contributed by atoms with Crippen molar-refractivity contribution in [2.24, 2.45) is 0 Å². The molecule has 1 atom stereocenters. The molecule has 0 fully saturated rings. The largest absolute Gasteiger partial charge is 0.399 e. The van der Waals surface area contributed by atoms with Crippen molar-refractivity contribution in [2.75, 3.05) is 11.1 Å². The van der Waals surface area contributed by atoms with Gasteiger partial charge in [0.1, 0.15) is 0 Å². The van der Waals surface area contributed by atoms with Crippen molar-refractivity contribution in [3.8, 4) is 0 Å². The lowest BCUT2D eigenvalue weighted by Crippen LogP contribution is -2.17. The second-order valence-corrected chi connectivity index (χ2v) is 3.66. The minimum atomic E-state index is 0.587. The Morgan fingerprint density at radius 2 is 1.86 bits per heavy atom. The lowest BCUT2D eigenvalue weighted by Gasteiger charge is -2.17. The molecule has 0 amide bonds. The normalized spacial score (nSPS) is 12.4. The van der Waals surface area contributed by atoms with Crippen molar-refractivity contribution in [1.82, 2.24) is 0 Å². The van der Waals surface area contributed by atoms with E-state index >= 15 is 0 Å². The van der Waals surface area contributed by atoms with E-state index in [1.165, 1.54) is 18.5 Å². The Bertz CT molecular complexity index is 254. The van der Waals surface area contributed by atoms with Gasteiger partial charge in [-0.3, -0.25) is 0 Å². The van der Waals surface area contributed by atoms with Gasteiger partial charge in [-0.1, -0.05) is 20.3 Å². The average Bonchev–Trinajstić information content (AvgIpc) is 2.20. The maximum absolute atomic E-state index is 5.62. The van der Waals surface area contributed by atoms with E-state index in [0.717, 1.165) is 12.1 Å². The summed E-state index contributed by atoms with van der Waals surface area (Å²) in [4.78, 5) is 0. The number of benzene rings is 1. The van der Waals surface area contributed by atoms with Crippen molar-refractivity contribution in [3.63, 3.8) is 0 Å². The van der Waals surface area contributed by atoms with Gasteiger partial charge >= 0.3 is 0 Å². The lowest BCUT2D eigenvalue weighted by atomic mass is 10.1. The molecule has 0 aliphatic heterocycles. The summed E-state index contributed by atoms with van der Waals surface area (Å²) >= 11 is 0. The molecule has 0 spiro atoms. The van der Waals surface area contributed by atoms with Gasteiger partial charge in [-0.25, -0.2) is 0 Å². The topological polar surface area (TPSA) is 38.0 Å². The third-order valence-corrected chi connectivity index (χ3v) is 2.41. The third kappa shape index (κ3) is 3.29. The Kier molecular flexibility index (Phi) is 4.30. The van der Waals surface area contributed by atoms with Crippen LogP contribution in [0.1, 0.15) is 33.1 Å². The van der Waals surface area contributed by atoms with Crippen LogP contribution in [0, 0.1) is 0 Å². The summed E-state index contributed by atoms with van der Waals surface area (Å²) < 4.78 is 0. The molecule has 3 N–H and O–H groups in total. The molecule has 1 aromatic rings. The van der Waals surface area contributed by atoms with Gasteiger partial charge in [-0.2, -0.15) is 0 Å². The van der Waals surface area contributed by atoms with Gasteiger partial charge in [-0.05, 0) is 37.1 Å². The van der Waals surface area contributed by atoms with Crippen molar-refractivity contribution in [3.05, 3.63) is 24.3 Å². The van der Waals surface area contributed by atoms with Crippen LogP contribution in [0.5, 0.6) is 0 Å². The van der Waals surface area contributed by atoms with Crippen LogP contribution in [-0.4, -0.2) is 6.04 Å². The Morgan fingerprint density at radius 1 is 1.21 bits per heavy atom. The zero-order valence-electron chi connectivity index (χ0n) is 9.09. The van der Waals surface area contributed by atoms with Gasteiger partial charge in [0.05, 0.1) is 0 Å². The first-order chi connectivity index (χ1) is 6.76. The van der Waals surface area contributed by atoms with E-state index in [-0.39, 0.29) is 0 Å². The fraction of sp³-hybridized carbons (Fsp3) is 0.500. The summed E-state index contributed by atoms with van der Waals surface area (Å²) in [5.41, 5.74) is 7.61. The Hall–Kier alpha value is -1.18. The minimum Gasteiger partial charge on any atom is -0.399 e. The van der Waals surface area contributed by atoms with Gasteiger partial charge in [0, 0.05) is 17.4 Å². The number of nitrogen functional groups attached to an aromatic ring is 1. The number of nitrogens with two attached hydrogens (primary N) is 1. The van der Waals surface area contributed by atoms with Crippen LogP contribution in [0.25, 0.3) is 0 Å². The monoisotopic (exact) mass is 192 g/mol. The van der Waals surface area contributed by atoms with Crippen molar-refractivity contribution in [1.29, 1.82) is 0 Å². The predicted molar refractivity (Wildman–Crippen MR) is 63.5 cm³/mol. The molecule has 0 saturated heterocycles. The molecule has 0 heterocycles. The summed E-state index contributed by atoms with van der Waals surface area (Å²) in [6, 6.07) is 8.52. The summed E-state index contributed by atoms with van der Waals surface area (Å²) in [5, 5.41) is 3.50. The van der Waals surface area contributed by atoms with Crippen LogP contribution in [0.4, 0.5) is 11.4 Å². The minimum absolute atomic E-state index is 0.587. The quantitative estimate of drug-likeness (QED) is 0.703. The molecule has 0 aliphatic carbocycles. The van der Waals surface area contributed by atoms with Crippen LogP contribution in [0.3, 0.4) is 0 Å². The molecule has 1 aromatic carbocycles. The summed E-state index contributed by atoms with van der Waals surface area (Å²) in [6.07, 6.45) is 3.61. The summed E-state index contributed by atoms with van der Waals surface area (Å²) in [6.45, 7) is 4.43. The van der Waals surface area contributed by atoms with Crippen LogP contribution in [0.2, 0.25) is 0 Å². The molecule has 0 radical (unpaired) electrons. The van der Waals surface area contributed by atoms with Gasteiger partial charge in [-0.15, -0.1) is 0 Å². The number of hydrogen-bond donors (Lipinski definition) is 2. The van der Waals surface area contributed by atoms with Gasteiger partial charge in [0.2, 0.25) is 0 Å². The molecule has 1 unspecified atom stereocenters. The van der Waals surface area contributed by atoms with Crippen LogP contribution in [0.15, 0.2) is 24.3 Å². The van der Waals surface area contributed by atoms with E-state index < -0.39 is 0 Å². The average molecular weight is 192 g/mol. The molecule has 0 aromatic heterocycles. The Balaban J connectivity index is 2.53. The highest BCUT2D eigenvalue weighted by atomic mass is 14.9. The highest BCUT2D eigenvalue weighted by Gasteiger charge is 2.03. The SMILES string of the molecule is CCCC(CC)Nc1ccc(N)cc1. The van der Waals surface area contributed by atoms with Crippen LogP contribution < -0.4 is 11.1 Å². The maximum Gasteiger partial charge on any atom is 0.0343 e. The molecule has 0 bridgehead atoms. The first kappa shape index (κ1) is 10.9.